The van der Waals surface area contributed by atoms with Gasteiger partial charge in [-0.15, -0.1) is 0 Å². The van der Waals surface area contributed by atoms with Crippen LogP contribution in [0.2, 0.25) is 5.02 Å². The number of benzene rings is 2. The Bertz CT molecular complexity index is 728. The van der Waals surface area contributed by atoms with E-state index in [1.807, 2.05) is 41.8 Å². The van der Waals surface area contributed by atoms with Crippen LogP contribution in [0.4, 0.5) is 5.69 Å². The van der Waals surface area contributed by atoms with E-state index in [9.17, 15) is 5.11 Å². The fourth-order valence-electron chi connectivity index (χ4n) is 2.01. The van der Waals surface area contributed by atoms with Gasteiger partial charge in [0.25, 0.3) is 0 Å². The molecular formula is C15H14ClN3OS. The smallest absolute Gasteiger partial charge is 0.117 e. The van der Waals surface area contributed by atoms with Crippen molar-refractivity contribution in [1.82, 2.24) is 4.41 Å². The lowest BCUT2D eigenvalue weighted by atomic mass is 10.1. The zero-order chi connectivity index (χ0) is 14.8. The number of hydrogen-bond donors (Lipinski definition) is 1. The number of phenolic OH excluding ortho intramolecular Hbond substituents is 1. The second kappa shape index (κ2) is 5.87. The Balaban J connectivity index is 1.84. The molecule has 1 atom stereocenters. The second-order valence-corrected chi connectivity index (χ2v) is 6.73. The first-order valence-corrected chi connectivity index (χ1v) is 8.09. The Morgan fingerprint density at radius 2 is 2.00 bits per heavy atom. The van der Waals surface area contributed by atoms with Crippen molar-refractivity contribution in [2.45, 2.75) is 0 Å². The molecule has 0 aromatic heterocycles. The third-order valence-electron chi connectivity index (χ3n) is 3.05. The molecule has 0 saturated heterocycles. The van der Waals surface area contributed by atoms with Crippen LogP contribution in [0.25, 0.3) is 0 Å². The molecule has 0 amide bonds. The summed E-state index contributed by atoms with van der Waals surface area (Å²) in [6.07, 6.45) is 0. The van der Waals surface area contributed by atoms with Gasteiger partial charge in [0.05, 0.1) is 17.2 Å². The molecule has 6 heteroatoms. The molecule has 1 unspecified atom stereocenters. The number of aromatic hydroxyl groups is 1. The minimum atomic E-state index is -0.357. The van der Waals surface area contributed by atoms with Crippen molar-refractivity contribution in [3.8, 4) is 5.75 Å². The van der Waals surface area contributed by atoms with Crippen molar-refractivity contribution < 1.29 is 5.11 Å². The Labute approximate surface area is 130 Å². The largest absolute Gasteiger partial charge is 0.508 e. The molecule has 0 fully saturated rings. The molecule has 0 aliphatic carbocycles. The Morgan fingerprint density at radius 3 is 2.71 bits per heavy atom. The Morgan fingerprint density at radius 1 is 1.24 bits per heavy atom. The van der Waals surface area contributed by atoms with Gasteiger partial charge in [-0.05, 0) is 29.8 Å². The monoisotopic (exact) mass is 319 g/mol. The summed E-state index contributed by atoms with van der Waals surface area (Å²) < 4.78 is 6.52. The highest BCUT2D eigenvalue weighted by atomic mass is 35.5. The normalized spacial score (nSPS) is 18.1. The zero-order valence-electron chi connectivity index (χ0n) is 11.4. The topological polar surface area (TPSA) is 48.2 Å². The fraction of sp³-hybridized carbons (Fsp3) is 0.133. The molecule has 2 aromatic carbocycles. The quantitative estimate of drug-likeness (QED) is 0.916. The van der Waals surface area contributed by atoms with Gasteiger partial charge in [0, 0.05) is 29.0 Å². The van der Waals surface area contributed by atoms with Crippen LogP contribution in [0.3, 0.4) is 0 Å². The van der Waals surface area contributed by atoms with E-state index in [0.717, 1.165) is 22.7 Å². The predicted molar refractivity (Wildman–Crippen MR) is 88.2 cm³/mol. The van der Waals surface area contributed by atoms with Gasteiger partial charge < -0.3 is 5.11 Å². The van der Waals surface area contributed by atoms with Crippen molar-refractivity contribution in [3.05, 3.63) is 59.1 Å². The van der Waals surface area contributed by atoms with Gasteiger partial charge in [-0.1, -0.05) is 29.8 Å². The van der Waals surface area contributed by atoms with Gasteiger partial charge in [-0.3, -0.25) is 0 Å². The number of halogens is 1. The first-order valence-electron chi connectivity index (χ1n) is 6.41. The average molecular weight is 320 g/mol. The minimum absolute atomic E-state index is 0.223. The maximum Gasteiger partial charge on any atom is 0.117 e. The maximum atomic E-state index is 9.50. The number of phenols is 1. The standard InChI is InChI=1S/C15H14ClN3OS/c1-19-17-15(11-5-7-12(16)8-6-11)10-21(19)18-13-3-2-4-14(20)9-13/h2-9,20H,10H2,1H3. The lowest BCUT2D eigenvalue weighted by Crippen LogP contribution is -2.10. The molecule has 1 aliphatic rings. The highest BCUT2D eigenvalue weighted by Crippen LogP contribution is 2.23. The summed E-state index contributed by atoms with van der Waals surface area (Å²) in [5.41, 5.74) is 2.83. The zero-order valence-corrected chi connectivity index (χ0v) is 13.0. The molecule has 4 nitrogen and oxygen atoms in total. The van der Waals surface area contributed by atoms with E-state index < -0.39 is 0 Å². The van der Waals surface area contributed by atoms with E-state index in [-0.39, 0.29) is 16.6 Å². The highest BCUT2D eigenvalue weighted by Gasteiger charge is 2.19. The van der Waals surface area contributed by atoms with Gasteiger partial charge in [0.2, 0.25) is 0 Å². The first kappa shape index (κ1) is 14.1. The lowest BCUT2D eigenvalue weighted by molar-refractivity contribution is 0.475. The van der Waals surface area contributed by atoms with Crippen LogP contribution in [0.1, 0.15) is 5.56 Å². The molecule has 0 bridgehead atoms. The lowest BCUT2D eigenvalue weighted by Gasteiger charge is -2.08. The van der Waals surface area contributed by atoms with Crippen molar-refractivity contribution in [3.63, 3.8) is 0 Å². The SMILES string of the molecule is CN1N=C(c2ccc(Cl)cc2)CS1=Nc1cccc(O)c1. The van der Waals surface area contributed by atoms with Gasteiger partial charge in [-0.2, -0.15) is 5.10 Å². The first-order chi connectivity index (χ1) is 10.1. The van der Waals surface area contributed by atoms with Crippen molar-refractivity contribution in [1.29, 1.82) is 0 Å². The van der Waals surface area contributed by atoms with Crippen LogP contribution < -0.4 is 0 Å². The van der Waals surface area contributed by atoms with E-state index in [4.69, 9.17) is 11.6 Å². The van der Waals surface area contributed by atoms with Crippen LogP contribution in [0, 0.1) is 0 Å². The number of nitrogens with zero attached hydrogens (tertiary/aromatic N) is 3. The molecule has 21 heavy (non-hydrogen) atoms. The van der Waals surface area contributed by atoms with Crippen molar-refractivity contribution in [2.24, 2.45) is 9.46 Å². The van der Waals surface area contributed by atoms with Gasteiger partial charge in [0.15, 0.2) is 0 Å². The van der Waals surface area contributed by atoms with Gasteiger partial charge in [-0.25, -0.2) is 8.78 Å². The molecule has 0 saturated carbocycles. The number of hydrazone groups is 1. The maximum absolute atomic E-state index is 9.50. The third-order valence-corrected chi connectivity index (χ3v) is 4.95. The van der Waals surface area contributed by atoms with Gasteiger partial charge in [0.1, 0.15) is 5.75 Å². The van der Waals surface area contributed by atoms with Crippen molar-refractivity contribution >= 4 is 33.9 Å². The van der Waals surface area contributed by atoms with E-state index >= 15 is 0 Å². The average Bonchev–Trinajstić information content (AvgIpc) is 2.81. The summed E-state index contributed by atoms with van der Waals surface area (Å²) >= 11 is 5.91. The molecule has 0 spiro atoms. The van der Waals surface area contributed by atoms with Crippen LogP contribution in [-0.4, -0.2) is 28.0 Å². The molecule has 1 aliphatic heterocycles. The van der Waals surface area contributed by atoms with E-state index in [2.05, 4.69) is 9.46 Å². The summed E-state index contributed by atoms with van der Waals surface area (Å²) in [6, 6.07) is 14.6. The van der Waals surface area contributed by atoms with Crippen LogP contribution >= 0.6 is 11.6 Å². The summed E-state index contributed by atoms with van der Waals surface area (Å²) in [6.45, 7) is 0. The molecule has 1 N–H and O–H groups in total. The van der Waals surface area contributed by atoms with Crippen molar-refractivity contribution in [2.75, 3.05) is 12.8 Å². The van der Waals surface area contributed by atoms with Gasteiger partial charge >= 0.3 is 0 Å². The summed E-state index contributed by atoms with van der Waals surface area (Å²) in [5, 5.41) is 14.8. The van der Waals surface area contributed by atoms with Crippen LogP contribution in [0.15, 0.2) is 58.0 Å². The summed E-state index contributed by atoms with van der Waals surface area (Å²) in [5.74, 6) is 0.980. The molecule has 2 aromatic rings. The minimum Gasteiger partial charge on any atom is -0.508 e. The second-order valence-electron chi connectivity index (χ2n) is 4.61. The fourth-order valence-corrected chi connectivity index (χ4v) is 3.52. The van der Waals surface area contributed by atoms with Crippen LogP contribution in [-0.2, 0) is 10.9 Å². The van der Waals surface area contributed by atoms with E-state index in [0.29, 0.717) is 5.02 Å². The molecule has 0 radical (unpaired) electrons. The van der Waals surface area contributed by atoms with E-state index in [1.165, 1.54) is 0 Å². The number of hydrogen-bond acceptors (Lipinski definition) is 3. The molecular weight excluding hydrogens is 306 g/mol. The molecule has 3 rings (SSSR count). The van der Waals surface area contributed by atoms with E-state index in [1.54, 1.807) is 18.2 Å². The summed E-state index contributed by atoms with van der Waals surface area (Å²) in [7, 11) is 1.56. The highest BCUT2D eigenvalue weighted by molar-refractivity contribution is 7.86. The summed E-state index contributed by atoms with van der Waals surface area (Å²) in [4.78, 5) is 0. The molecule has 108 valence electrons. The predicted octanol–water partition coefficient (Wildman–Crippen LogP) is 3.74. The third kappa shape index (κ3) is 3.25. The Kier molecular flexibility index (Phi) is 3.94. The van der Waals surface area contributed by atoms with Crippen LogP contribution in [0.5, 0.6) is 5.75 Å². The molecule has 1 heterocycles. The Hall–Kier alpha value is -1.85. The number of rotatable bonds is 2.